The fraction of sp³-hybridized carbons (Fsp3) is 0.909. The van der Waals surface area contributed by atoms with Crippen LogP contribution >= 0.6 is 0 Å². The molecule has 0 aromatic heterocycles. The SMILES string of the molecule is CC(C)(C)CC(=O)N[C@@]1(C)CCS(=O)(=O)C1. The van der Waals surface area contributed by atoms with Crippen LogP contribution in [0.15, 0.2) is 0 Å². The molecule has 1 heterocycles. The Kier molecular flexibility index (Phi) is 3.39. The van der Waals surface area contributed by atoms with Crippen LogP contribution < -0.4 is 5.32 Å². The molecule has 1 aliphatic heterocycles. The van der Waals surface area contributed by atoms with Gasteiger partial charge < -0.3 is 5.32 Å². The maximum absolute atomic E-state index is 11.7. The number of carbonyl (C=O) groups excluding carboxylic acids is 1. The molecule has 0 aromatic rings. The molecule has 4 nitrogen and oxygen atoms in total. The van der Waals surface area contributed by atoms with Gasteiger partial charge in [-0.1, -0.05) is 20.8 Å². The van der Waals surface area contributed by atoms with E-state index in [0.717, 1.165) is 0 Å². The van der Waals surface area contributed by atoms with E-state index in [1.807, 2.05) is 20.8 Å². The van der Waals surface area contributed by atoms with Gasteiger partial charge in [-0.2, -0.15) is 0 Å². The zero-order valence-electron chi connectivity index (χ0n) is 10.5. The summed E-state index contributed by atoms with van der Waals surface area (Å²) < 4.78 is 22.7. The van der Waals surface area contributed by atoms with Crippen molar-refractivity contribution in [1.82, 2.24) is 5.32 Å². The van der Waals surface area contributed by atoms with Crippen molar-refractivity contribution in [2.75, 3.05) is 11.5 Å². The van der Waals surface area contributed by atoms with Crippen molar-refractivity contribution in [3.63, 3.8) is 0 Å². The Bertz CT molecular complexity index is 381. The Morgan fingerprint density at radius 1 is 1.38 bits per heavy atom. The van der Waals surface area contributed by atoms with Crippen LogP contribution in [0.2, 0.25) is 0 Å². The molecule has 1 fully saturated rings. The Hall–Kier alpha value is -0.580. The van der Waals surface area contributed by atoms with Crippen LogP contribution in [0.1, 0.15) is 40.5 Å². The average Bonchev–Trinajstić information content (AvgIpc) is 2.19. The number of rotatable bonds is 2. The fourth-order valence-electron chi connectivity index (χ4n) is 1.97. The van der Waals surface area contributed by atoms with Crippen molar-refractivity contribution < 1.29 is 13.2 Å². The van der Waals surface area contributed by atoms with Crippen LogP contribution in [0, 0.1) is 5.41 Å². The van der Waals surface area contributed by atoms with Crippen molar-refractivity contribution in [3.05, 3.63) is 0 Å². The van der Waals surface area contributed by atoms with Crippen LogP contribution in [-0.2, 0) is 14.6 Å². The van der Waals surface area contributed by atoms with Crippen molar-refractivity contribution in [1.29, 1.82) is 0 Å². The minimum Gasteiger partial charge on any atom is -0.350 e. The summed E-state index contributed by atoms with van der Waals surface area (Å²) in [6.07, 6.45) is 0.938. The minimum atomic E-state index is -2.96. The number of hydrogen-bond donors (Lipinski definition) is 1. The first-order valence-corrected chi connectivity index (χ1v) is 7.35. The number of hydrogen-bond acceptors (Lipinski definition) is 3. The first kappa shape index (κ1) is 13.5. The predicted octanol–water partition coefficient (Wildman–Crippen LogP) is 1.12. The highest BCUT2D eigenvalue weighted by atomic mass is 32.2. The molecular weight excluding hydrogens is 226 g/mol. The van der Waals surface area contributed by atoms with E-state index in [2.05, 4.69) is 5.32 Å². The summed E-state index contributed by atoms with van der Waals surface area (Å²) in [5.41, 5.74) is -0.640. The van der Waals surface area contributed by atoms with Gasteiger partial charge in [0, 0.05) is 6.42 Å². The maximum atomic E-state index is 11.7. The molecule has 1 N–H and O–H groups in total. The van der Waals surface area contributed by atoms with Crippen LogP contribution in [0.3, 0.4) is 0 Å². The van der Waals surface area contributed by atoms with Gasteiger partial charge in [0.2, 0.25) is 5.91 Å². The standard InChI is InChI=1S/C11H21NO3S/c1-10(2,3)7-9(13)12-11(4)5-6-16(14,15)8-11/h5-8H2,1-4H3,(H,12,13)/t11-/m0/s1. The van der Waals surface area contributed by atoms with Crippen LogP contribution in [0.25, 0.3) is 0 Å². The van der Waals surface area contributed by atoms with Crippen LogP contribution in [0.5, 0.6) is 0 Å². The summed E-state index contributed by atoms with van der Waals surface area (Å²) in [5.74, 6) is 0.182. The Morgan fingerprint density at radius 2 is 1.94 bits per heavy atom. The quantitative estimate of drug-likeness (QED) is 0.795. The van der Waals surface area contributed by atoms with Gasteiger partial charge in [-0.15, -0.1) is 0 Å². The van der Waals surface area contributed by atoms with Crippen molar-refractivity contribution in [2.45, 2.75) is 46.1 Å². The highest BCUT2D eigenvalue weighted by Gasteiger charge is 2.39. The predicted molar refractivity (Wildman–Crippen MR) is 63.9 cm³/mol. The van der Waals surface area contributed by atoms with E-state index in [1.54, 1.807) is 6.92 Å². The molecule has 0 spiro atoms. The van der Waals surface area contributed by atoms with Gasteiger partial charge in [0.25, 0.3) is 0 Å². The van der Waals surface area contributed by atoms with Gasteiger partial charge in [0.15, 0.2) is 9.84 Å². The second-order valence-corrected chi connectivity index (χ2v) is 8.37. The molecule has 1 saturated heterocycles. The van der Waals surface area contributed by atoms with E-state index in [4.69, 9.17) is 0 Å². The summed E-state index contributed by atoms with van der Waals surface area (Å²) >= 11 is 0. The third-order valence-electron chi connectivity index (χ3n) is 2.64. The number of nitrogens with one attached hydrogen (secondary N) is 1. The largest absolute Gasteiger partial charge is 0.350 e. The monoisotopic (exact) mass is 247 g/mol. The number of carbonyl (C=O) groups is 1. The average molecular weight is 247 g/mol. The molecule has 16 heavy (non-hydrogen) atoms. The topological polar surface area (TPSA) is 63.2 Å². The van der Waals surface area contributed by atoms with E-state index < -0.39 is 15.4 Å². The normalized spacial score (nSPS) is 29.0. The van der Waals surface area contributed by atoms with E-state index in [-0.39, 0.29) is 22.8 Å². The second-order valence-electron chi connectivity index (χ2n) is 6.19. The zero-order valence-corrected chi connectivity index (χ0v) is 11.3. The lowest BCUT2D eigenvalue weighted by Crippen LogP contribution is -2.47. The van der Waals surface area contributed by atoms with Gasteiger partial charge in [0.05, 0.1) is 17.0 Å². The lowest BCUT2D eigenvalue weighted by atomic mass is 9.91. The summed E-state index contributed by atoms with van der Waals surface area (Å²) in [6.45, 7) is 7.76. The lowest BCUT2D eigenvalue weighted by Gasteiger charge is -2.26. The first-order valence-electron chi connectivity index (χ1n) is 5.53. The molecular formula is C11H21NO3S. The molecule has 1 rings (SSSR count). The van der Waals surface area contributed by atoms with Crippen LogP contribution in [-0.4, -0.2) is 31.4 Å². The Balaban J connectivity index is 2.59. The van der Waals surface area contributed by atoms with E-state index >= 15 is 0 Å². The second kappa shape index (κ2) is 4.02. The molecule has 94 valence electrons. The summed E-state index contributed by atoms with van der Waals surface area (Å²) in [6, 6.07) is 0. The van der Waals surface area contributed by atoms with Gasteiger partial charge in [-0.05, 0) is 18.8 Å². The van der Waals surface area contributed by atoms with Gasteiger partial charge in [0.1, 0.15) is 0 Å². The molecule has 0 aromatic carbocycles. The smallest absolute Gasteiger partial charge is 0.220 e. The molecule has 0 bridgehead atoms. The lowest BCUT2D eigenvalue weighted by molar-refractivity contribution is -0.124. The highest BCUT2D eigenvalue weighted by Crippen LogP contribution is 2.24. The Labute approximate surface area is 97.7 Å². The molecule has 1 amide bonds. The number of sulfone groups is 1. The molecule has 0 aliphatic carbocycles. The van der Waals surface area contributed by atoms with Crippen molar-refractivity contribution >= 4 is 15.7 Å². The van der Waals surface area contributed by atoms with Gasteiger partial charge in [-0.3, -0.25) is 4.79 Å². The van der Waals surface area contributed by atoms with Crippen molar-refractivity contribution in [3.8, 4) is 0 Å². The highest BCUT2D eigenvalue weighted by molar-refractivity contribution is 7.91. The van der Waals surface area contributed by atoms with Crippen LogP contribution in [0.4, 0.5) is 0 Å². The summed E-state index contributed by atoms with van der Waals surface area (Å²) in [5, 5.41) is 2.85. The van der Waals surface area contributed by atoms with E-state index in [9.17, 15) is 13.2 Å². The zero-order chi connectivity index (χ0) is 12.6. The third kappa shape index (κ3) is 4.12. The van der Waals surface area contributed by atoms with Gasteiger partial charge >= 0.3 is 0 Å². The van der Waals surface area contributed by atoms with E-state index in [0.29, 0.717) is 12.8 Å². The number of amides is 1. The molecule has 1 aliphatic rings. The molecule has 5 heteroatoms. The maximum Gasteiger partial charge on any atom is 0.220 e. The van der Waals surface area contributed by atoms with Gasteiger partial charge in [-0.25, -0.2) is 8.42 Å². The summed E-state index contributed by atoms with van der Waals surface area (Å²) in [7, 11) is -2.96. The minimum absolute atomic E-state index is 0.0629. The van der Waals surface area contributed by atoms with E-state index in [1.165, 1.54) is 0 Å². The Morgan fingerprint density at radius 3 is 2.31 bits per heavy atom. The first-order chi connectivity index (χ1) is 7.02. The molecule has 0 radical (unpaired) electrons. The molecule has 1 atom stereocenters. The fourth-order valence-corrected chi connectivity index (χ4v) is 4.06. The summed E-state index contributed by atoms with van der Waals surface area (Å²) in [4.78, 5) is 11.7. The molecule has 0 saturated carbocycles. The third-order valence-corrected chi connectivity index (χ3v) is 4.54. The van der Waals surface area contributed by atoms with Crippen molar-refractivity contribution in [2.24, 2.45) is 5.41 Å². The molecule has 0 unspecified atom stereocenters.